The number of carbonyl (C=O) groups is 2. The smallest absolute Gasteiger partial charge is 0.396 e. The molecular formula is C20H22N2O7S. The van der Waals surface area contributed by atoms with Crippen molar-refractivity contribution in [2.75, 3.05) is 12.4 Å². The maximum Gasteiger partial charge on any atom is 0.396 e. The first-order valence-electron chi connectivity index (χ1n) is 9.14. The Morgan fingerprint density at radius 3 is 2.30 bits per heavy atom. The lowest BCUT2D eigenvalue weighted by atomic mass is 10.1. The molecule has 0 aromatic heterocycles. The van der Waals surface area contributed by atoms with Crippen molar-refractivity contribution < 1.29 is 32.6 Å². The highest BCUT2D eigenvalue weighted by Crippen LogP contribution is 2.35. The number of carbonyl (C=O) groups excluding carboxylic acids is 2. The molecule has 0 radical (unpaired) electrons. The van der Waals surface area contributed by atoms with E-state index in [1.54, 1.807) is 26.0 Å². The zero-order valence-electron chi connectivity index (χ0n) is 16.7. The Labute approximate surface area is 174 Å². The van der Waals surface area contributed by atoms with Gasteiger partial charge in [-0.3, -0.25) is 4.79 Å². The van der Waals surface area contributed by atoms with Crippen LogP contribution < -0.4 is 14.8 Å². The van der Waals surface area contributed by atoms with Crippen molar-refractivity contribution in [1.29, 1.82) is 0 Å². The molecule has 2 aromatic rings. The second-order valence-corrected chi connectivity index (χ2v) is 8.69. The number of hydrogen-bond acceptors (Lipinski definition) is 7. The minimum atomic E-state index is -3.86. The second-order valence-electron chi connectivity index (χ2n) is 7.01. The first kappa shape index (κ1) is 21.6. The van der Waals surface area contributed by atoms with Crippen molar-refractivity contribution in [2.45, 2.75) is 37.6 Å². The van der Waals surface area contributed by atoms with E-state index in [2.05, 4.69) is 14.8 Å². The van der Waals surface area contributed by atoms with E-state index in [1.165, 1.54) is 18.2 Å². The average molecular weight is 434 g/mol. The zero-order valence-corrected chi connectivity index (χ0v) is 17.5. The Morgan fingerprint density at radius 2 is 1.73 bits per heavy atom. The van der Waals surface area contributed by atoms with Crippen molar-refractivity contribution in [3.05, 3.63) is 41.5 Å². The van der Waals surface area contributed by atoms with Gasteiger partial charge < -0.3 is 19.9 Å². The van der Waals surface area contributed by atoms with Gasteiger partial charge in [-0.15, -0.1) is 0 Å². The molecule has 1 saturated carbocycles. The van der Waals surface area contributed by atoms with Crippen molar-refractivity contribution >= 4 is 27.6 Å². The predicted octanol–water partition coefficient (Wildman–Crippen LogP) is 2.35. The van der Waals surface area contributed by atoms with Gasteiger partial charge in [0, 0.05) is 17.8 Å². The summed E-state index contributed by atoms with van der Waals surface area (Å²) in [5.74, 6) is -1.61. The normalized spacial score (nSPS) is 13.6. The molecule has 160 valence electrons. The van der Waals surface area contributed by atoms with E-state index < -0.39 is 21.9 Å². The Morgan fingerprint density at radius 1 is 1.10 bits per heavy atom. The van der Waals surface area contributed by atoms with E-state index >= 15 is 0 Å². The molecule has 0 aliphatic heterocycles. The van der Waals surface area contributed by atoms with E-state index in [9.17, 15) is 23.1 Å². The highest BCUT2D eigenvalue weighted by molar-refractivity contribution is 7.89. The fourth-order valence-electron chi connectivity index (χ4n) is 2.83. The SMILES string of the molecule is COC(=O)C(=O)Nc1cc(C)c(Oc2ccc(O)c(S(=O)(=O)NC3CC3)c2)c(C)c1. The summed E-state index contributed by atoms with van der Waals surface area (Å²) < 4.78 is 37.7. The third-order valence-corrected chi connectivity index (χ3v) is 5.98. The molecule has 30 heavy (non-hydrogen) atoms. The summed E-state index contributed by atoms with van der Waals surface area (Å²) >= 11 is 0. The van der Waals surface area contributed by atoms with Crippen LogP contribution in [0.1, 0.15) is 24.0 Å². The molecule has 2 aromatic carbocycles. The van der Waals surface area contributed by atoms with E-state index in [0.717, 1.165) is 20.0 Å². The van der Waals surface area contributed by atoms with E-state index in [0.29, 0.717) is 22.6 Å². The molecule has 0 saturated heterocycles. The fourth-order valence-corrected chi connectivity index (χ4v) is 4.25. The monoisotopic (exact) mass is 434 g/mol. The summed E-state index contributed by atoms with van der Waals surface area (Å²) in [6, 6.07) is 7.08. The number of ether oxygens (including phenoxy) is 2. The molecule has 9 nitrogen and oxygen atoms in total. The van der Waals surface area contributed by atoms with Crippen LogP contribution in [-0.2, 0) is 24.3 Å². The number of aryl methyl sites for hydroxylation is 2. The molecule has 1 fully saturated rings. The van der Waals surface area contributed by atoms with Gasteiger partial charge in [0.15, 0.2) is 0 Å². The molecule has 0 heterocycles. The molecule has 1 aliphatic carbocycles. The first-order valence-corrected chi connectivity index (χ1v) is 10.6. The van der Waals surface area contributed by atoms with Gasteiger partial charge in [-0.25, -0.2) is 17.9 Å². The topological polar surface area (TPSA) is 131 Å². The van der Waals surface area contributed by atoms with Gasteiger partial charge in [0.25, 0.3) is 0 Å². The average Bonchev–Trinajstić information content (AvgIpc) is 3.48. The summed E-state index contributed by atoms with van der Waals surface area (Å²) in [6.45, 7) is 3.48. The maximum absolute atomic E-state index is 12.5. The van der Waals surface area contributed by atoms with Crippen LogP contribution in [0.25, 0.3) is 0 Å². The fraction of sp³-hybridized carbons (Fsp3) is 0.300. The number of phenolic OH excluding ortho intramolecular Hbond substituents is 1. The molecule has 0 unspecified atom stereocenters. The predicted molar refractivity (Wildman–Crippen MR) is 108 cm³/mol. The number of nitrogens with one attached hydrogen (secondary N) is 2. The maximum atomic E-state index is 12.5. The number of sulfonamides is 1. The quantitative estimate of drug-likeness (QED) is 0.470. The third kappa shape index (κ3) is 4.89. The van der Waals surface area contributed by atoms with Gasteiger partial charge in [-0.2, -0.15) is 0 Å². The Kier molecular flexibility index (Phi) is 5.99. The lowest BCUT2D eigenvalue weighted by molar-refractivity contribution is -0.150. The van der Waals surface area contributed by atoms with Gasteiger partial charge in [-0.05, 0) is 62.1 Å². The van der Waals surface area contributed by atoms with Gasteiger partial charge in [0.05, 0.1) is 7.11 Å². The zero-order chi connectivity index (χ0) is 22.1. The van der Waals surface area contributed by atoms with E-state index in [4.69, 9.17) is 4.74 Å². The lowest BCUT2D eigenvalue weighted by Crippen LogP contribution is -2.25. The lowest BCUT2D eigenvalue weighted by Gasteiger charge is -2.15. The van der Waals surface area contributed by atoms with Crippen LogP contribution in [0, 0.1) is 13.8 Å². The van der Waals surface area contributed by atoms with Crippen molar-refractivity contribution in [2.24, 2.45) is 0 Å². The number of benzene rings is 2. The molecule has 1 amide bonds. The van der Waals surface area contributed by atoms with Gasteiger partial charge in [0.1, 0.15) is 22.1 Å². The minimum Gasteiger partial charge on any atom is -0.507 e. The van der Waals surface area contributed by atoms with Crippen LogP contribution in [-0.4, -0.2) is 38.6 Å². The summed E-state index contributed by atoms with van der Waals surface area (Å²) in [7, 11) is -2.75. The Bertz CT molecular complexity index is 1090. The molecule has 0 atom stereocenters. The number of rotatable bonds is 6. The summed E-state index contributed by atoms with van der Waals surface area (Å²) in [5.41, 5.74) is 1.67. The number of amides is 1. The number of anilines is 1. The number of phenols is 1. The molecule has 10 heteroatoms. The van der Waals surface area contributed by atoms with Crippen LogP contribution in [0.15, 0.2) is 35.2 Å². The largest absolute Gasteiger partial charge is 0.507 e. The number of aromatic hydroxyl groups is 1. The Hall–Kier alpha value is -3.11. The molecule has 0 spiro atoms. The molecule has 1 aliphatic rings. The van der Waals surface area contributed by atoms with Crippen LogP contribution in [0.5, 0.6) is 17.2 Å². The summed E-state index contributed by atoms with van der Waals surface area (Å²) in [4.78, 5) is 22.7. The first-order chi connectivity index (χ1) is 14.1. The van der Waals surface area contributed by atoms with Crippen molar-refractivity contribution in [3.63, 3.8) is 0 Å². The van der Waals surface area contributed by atoms with Gasteiger partial charge in [-0.1, -0.05) is 0 Å². The number of esters is 1. The van der Waals surface area contributed by atoms with Crippen molar-refractivity contribution in [1.82, 2.24) is 4.72 Å². The van der Waals surface area contributed by atoms with Crippen LogP contribution in [0.4, 0.5) is 5.69 Å². The standard InChI is InChI=1S/C20H22N2O7S/c1-11-8-14(21-19(24)20(25)28-3)9-12(2)18(11)29-15-6-7-16(23)17(10-15)30(26,27)22-13-4-5-13/h6-10,13,22-23H,4-5H2,1-3H3,(H,21,24). The molecule has 3 rings (SSSR count). The highest BCUT2D eigenvalue weighted by atomic mass is 32.2. The molecule has 0 bridgehead atoms. The van der Waals surface area contributed by atoms with E-state index in [1.807, 2.05) is 0 Å². The van der Waals surface area contributed by atoms with Gasteiger partial charge >= 0.3 is 11.9 Å². The Balaban J connectivity index is 1.85. The molecular weight excluding hydrogens is 412 g/mol. The highest BCUT2D eigenvalue weighted by Gasteiger charge is 2.30. The van der Waals surface area contributed by atoms with Crippen molar-refractivity contribution in [3.8, 4) is 17.2 Å². The van der Waals surface area contributed by atoms with Crippen LogP contribution in [0.3, 0.4) is 0 Å². The van der Waals surface area contributed by atoms with Gasteiger partial charge in [0.2, 0.25) is 10.0 Å². The minimum absolute atomic E-state index is 0.101. The second kappa shape index (κ2) is 8.33. The number of hydrogen-bond donors (Lipinski definition) is 3. The number of methoxy groups -OCH3 is 1. The summed E-state index contributed by atoms with van der Waals surface area (Å²) in [5, 5.41) is 12.4. The van der Waals surface area contributed by atoms with Crippen LogP contribution >= 0.6 is 0 Å². The molecule has 3 N–H and O–H groups in total. The summed E-state index contributed by atoms with van der Waals surface area (Å²) in [6.07, 6.45) is 1.54. The van der Waals surface area contributed by atoms with E-state index in [-0.39, 0.29) is 22.4 Å². The third-order valence-electron chi connectivity index (χ3n) is 4.43. The van der Waals surface area contributed by atoms with Crippen LogP contribution in [0.2, 0.25) is 0 Å².